The van der Waals surface area contributed by atoms with Crippen molar-refractivity contribution >= 4 is 11.9 Å². The molecule has 1 fully saturated rings. The van der Waals surface area contributed by atoms with Gasteiger partial charge in [0.1, 0.15) is 13.2 Å². The summed E-state index contributed by atoms with van der Waals surface area (Å²) in [6.07, 6.45) is 6.19. The van der Waals surface area contributed by atoms with Crippen LogP contribution in [0.15, 0.2) is 24.4 Å². The Morgan fingerprint density at radius 1 is 0.786 bits per heavy atom. The van der Waals surface area contributed by atoms with Gasteiger partial charge in [0.05, 0.1) is 39.6 Å². The Morgan fingerprint density at radius 2 is 1.25 bits per heavy atom. The topological polar surface area (TPSA) is 95.6 Å². The summed E-state index contributed by atoms with van der Waals surface area (Å²) in [7, 11) is 0. The van der Waals surface area contributed by atoms with Gasteiger partial charge in [0.2, 0.25) is 0 Å². The average molecular weight is 400 g/mol. The fourth-order valence-electron chi connectivity index (χ4n) is 2.17. The first-order valence-electron chi connectivity index (χ1n) is 9.55. The van der Waals surface area contributed by atoms with Crippen LogP contribution in [0.2, 0.25) is 0 Å². The third-order valence-corrected chi connectivity index (χ3v) is 3.56. The molecular weight excluding hydrogens is 368 g/mol. The van der Waals surface area contributed by atoms with Crippen molar-refractivity contribution in [2.45, 2.75) is 6.92 Å². The highest BCUT2D eigenvalue weighted by Crippen LogP contribution is 1.94. The number of allylic oxidation sites excluding steroid dienone is 1. The van der Waals surface area contributed by atoms with Crippen LogP contribution in [0.1, 0.15) is 6.92 Å². The highest BCUT2D eigenvalue weighted by Gasteiger charge is 2.05. The van der Waals surface area contributed by atoms with Gasteiger partial charge in [-0.2, -0.15) is 0 Å². The largest absolute Gasteiger partial charge is 0.460 e. The van der Waals surface area contributed by atoms with E-state index in [2.05, 4.69) is 10.2 Å². The summed E-state index contributed by atoms with van der Waals surface area (Å²) >= 11 is 0. The minimum absolute atomic E-state index is 0.208. The summed E-state index contributed by atoms with van der Waals surface area (Å²) in [5.74, 6) is -0.743. The molecule has 1 N–H and O–H groups in total. The van der Waals surface area contributed by atoms with Crippen LogP contribution in [0.25, 0.3) is 0 Å². The second kappa shape index (κ2) is 17.2. The van der Waals surface area contributed by atoms with E-state index in [4.69, 9.17) is 23.7 Å². The van der Waals surface area contributed by atoms with Crippen LogP contribution in [0.5, 0.6) is 0 Å². The van der Waals surface area contributed by atoms with E-state index in [0.717, 1.165) is 26.2 Å². The minimum atomic E-state index is -0.374. The van der Waals surface area contributed by atoms with Gasteiger partial charge < -0.3 is 33.9 Å². The molecule has 0 aromatic rings. The number of piperazine rings is 1. The van der Waals surface area contributed by atoms with Crippen LogP contribution in [-0.2, 0) is 33.3 Å². The van der Waals surface area contributed by atoms with Gasteiger partial charge in [-0.05, 0) is 6.92 Å². The van der Waals surface area contributed by atoms with Gasteiger partial charge in [0.15, 0.2) is 0 Å². The van der Waals surface area contributed by atoms with Crippen molar-refractivity contribution in [1.82, 2.24) is 10.2 Å². The Hall–Kier alpha value is -1.94. The fraction of sp³-hybridized carbons (Fsp3) is 0.684. The van der Waals surface area contributed by atoms with Crippen molar-refractivity contribution in [3.63, 3.8) is 0 Å². The van der Waals surface area contributed by atoms with Crippen molar-refractivity contribution in [2.75, 3.05) is 79.0 Å². The number of carbonyl (C=O) groups is 2. The number of hydrogen-bond acceptors (Lipinski definition) is 9. The number of hydrogen-bond donors (Lipinski definition) is 1. The summed E-state index contributed by atoms with van der Waals surface area (Å²) in [6.45, 7) is 8.14. The molecule has 0 bridgehead atoms. The molecule has 0 amide bonds. The summed E-state index contributed by atoms with van der Waals surface area (Å²) < 4.78 is 25.8. The zero-order valence-corrected chi connectivity index (χ0v) is 16.6. The van der Waals surface area contributed by atoms with E-state index in [0.29, 0.717) is 39.6 Å². The van der Waals surface area contributed by atoms with Gasteiger partial charge in [-0.15, -0.1) is 0 Å². The van der Waals surface area contributed by atoms with Crippen molar-refractivity contribution < 1.29 is 33.3 Å². The Morgan fingerprint density at radius 3 is 1.75 bits per heavy atom. The van der Waals surface area contributed by atoms with Crippen molar-refractivity contribution in [1.29, 1.82) is 0 Å². The number of esters is 2. The number of carbonyl (C=O) groups excluding carboxylic acids is 2. The summed E-state index contributed by atoms with van der Waals surface area (Å²) in [5, 5.41) is 3.24. The first-order valence-corrected chi connectivity index (χ1v) is 9.55. The number of ether oxygens (including phenoxy) is 5. The lowest BCUT2D eigenvalue weighted by Crippen LogP contribution is -2.40. The standard InChI is InChI=1S/C19H32N2O7/c1-2-3-18(22)27-16-14-25-12-10-24-11-13-26-15-17-28-19(23)4-7-21-8-5-20-6-9-21/h2-4,7,20H,5-6,8-17H2,1H3/b3-2+,7-4+. The lowest BCUT2D eigenvalue weighted by atomic mass is 10.4. The minimum Gasteiger partial charge on any atom is -0.460 e. The molecule has 1 rings (SSSR count). The van der Waals surface area contributed by atoms with Crippen LogP contribution in [0.4, 0.5) is 0 Å². The van der Waals surface area contributed by atoms with Gasteiger partial charge in [0.25, 0.3) is 0 Å². The maximum atomic E-state index is 11.6. The van der Waals surface area contributed by atoms with E-state index in [9.17, 15) is 9.59 Å². The lowest BCUT2D eigenvalue weighted by Gasteiger charge is -2.25. The molecular formula is C19H32N2O7. The van der Waals surface area contributed by atoms with E-state index in [1.165, 1.54) is 12.2 Å². The van der Waals surface area contributed by atoms with E-state index < -0.39 is 0 Å². The smallest absolute Gasteiger partial charge is 0.332 e. The molecule has 0 spiro atoms. The molecule has 0 atom stereocenters. The third-order valence-electron chi connectivity index (χ3n) is 3.56. The molecule has 9 heteroatoms. The molecule has 1 saturated heterocycles. The van der Waals surface area contributed by atoms with E-state index >= 15 is 0 Å². The quantitative estimate of drug-likeness (QED) is 0.234. The second-order valence-corrected chi connectivity index (χ2v) is 5.77. The number of rotatable bonds is 15. The normalized spacial score (nSPS) is 14.7. The maximum absolute atomic E-state index is 11.6. The molecule has 0 aliphatic carbocycles. The summed E-state index contributed by atoms with van der Waals surface area (Å²) in [5.41, 5.74) is 0. The predicted molar refractivity (Wildman–Crippen MR) is 103 cm³/mol. The Labute approximate surface area is 166 Å². The highest BCUT2D eigenvalue weighted by molar-refractivity contribution is 5.82. The Kier molecular flexibility index (Phi) is 14.8. The SMILES string of the molecule is C/C=C/C(=O)OCCOCCOCCOCCOC(=O)/C=C/N1CCNCC1. The molecule has 9 nitrogen and oxygen atoms in total. The molecule has 0 aromatic carbocycles. The van der Waals surface area contributed by atoms with Crippen molar-refractivity contribution in [2.24, 2.45) is 0 Å². The maximum Gasteiger partial charge on any atom is 0.332 e. The number of nitrogens with one attached hydrogen (secondary N) is 1. The molecule has 1 aliphatic heterocycles. The third kappa shape index (κ3) is 14.2. The van der Waals surface area contributed by atoms with E-state index in [1.807, 2.05) is 0 Å². The zero-order valence-electron chi connectivity index (χ0n) is 16.6. The average Bonchev–Trinajstić information content (AvgIpc) is 2.71. The first-order chi connectivity index (χ1) is 13.7. The molecule has 160 valence electrons. The summed E-state index contributed by atoms with van der Waals surface area (Å²) in [6, 6.07) is 0. The Bertz CT molecular complexity index is 477. The van der Waals surface area contributed by atoms with Crippen LogP contribution in [0.3, 0.4) is 0 Å². The first kappa shape index (κ1) is 24.1. The molecule has 1 aliphatic rings. The highest BCUT2D eigenvalue weighted by atomic mass is 16.6. The van der Waals surface area contributed by atoms with Crippen molar-refractivity contribution in [3.05, 3.63) is 24.4 Å². The van der Waals surface area contributed by atoms with Gasteiger partial charge in [0, 0.05) is 44.5 Å². The van der Waals surface area contributed by atoms with Gasteiger partial charge in [-0.1, -0.05) is 6.08 Å². The molecule has 28 heavy (non-hydrogen) atoms. The zero-order chi connectivity index (χ0) is 20.3. The van der Waals surface area contributed by atoms with Crippen LogP contribution in [0, 0.1) is 0 Å². The Balaban J connectivity index is 1.80. The van der Waals surface area contributed by atoms with E-state index in [-0.39, 0.29) is 25.2 Å². The second-order valence-electron chi connectivity index (χ2n) is 5.77. The molecule has 0 saturated carbocycles. The molecule has 0 aromatic heterocycles. The van der Waals surface area contributed by atoms with Gasteiger partial charge >= 0.3 is 11.9 Å². The summed E-state index contributed by atoms with van der Waals surface area (Å²) in [4.78, 5) is 24.7. The van der Waals surface area contributed by atoms with Crippen molar-refractivity contribution in [3.8, 4) is 0 Å². The van der Waals surface area contributed by atoms with Crippen LogP contribution in [-0.4, -0.2) is 95.9 Å². The molecule has 0 radical (unpaired) electrons. The number of nitrogens with zero attached hydrogens (tertiary/aromatic N) is 1. The van der Waals surface area contributed by atoms with Crippen LogP contribution < -0.4 is 5.32 Å². The lowest BCUT2D eigenvalue weighted by molar-refractivity contribution is -0.140. The van der Waals surface area contributed by atoms with Gasteiger partial charge in [-0.25, -0.2) is 9.59 Å². The van der Waals surface area contributed by atoms with Crippen LogP contribution >= 0.6 is 0 Å². The van der Waals surface area contributed by atoms with Gasteiger partial charge in [-0.3, -0.25) is 0 Å². The fourth-order valence-corrected chi connectivity index (χ4v) is 2.17. The predicted octanol–water partition coefficient (Wildman–Crippen LogP) is 0.118. The molecule has 1 heterocycles. The monoisotopic (exact) mass is 400 g/mol. The molecule has 0 unspecified atom stereocenters. The van der Waals surface area contributed by atoms with E-state index in [1.54, 1.807) is 19.2 Å².